The largest absolute Gasteiger partial charge is 0.481 e. The standard InChI is InChI=1S/C28H30Cl2N2O5S/c1-14-9-16-7-8-18(11-20(14)28(16,35)27-31-17(13-38-27)10-23(33)34)36-12-19-25(32-37-26(19)15-5-6-15)24-21(29)3-2-4-22(24)30/h2-4,13-16,18,20,35H,5-12H2,1H3,(H,33,34)/t14-,16+,18+,20+,28-/m0/s1. The first-order valence-electron chi connectivity index (χ1n) is 13.2. The van der Waals surface area contributed by atoms with Gasteiger partial charge in [-0.15, -0.1) is 11.3 Å². The number of benzene rings is 1. The Balaban J connectivity index is 1.24. The Morgan fingerprint density at radius 3 is 2.68 bits per heavy atom. The quantitative estimate of drug-likeness (QED) is 0.302. The van der Waals surface area contributed by atoms with E-state index in [1.54, 1.807) is 17.5 Å². The third-order valence-electron chi connectivity index (χ3n) is 8.54. The van der Waals surface area contributed by atoms with Gasteiger partial charge in [0.15, 0.2) is 0 Å². The van der Waals surface area contributed by atoms with Gasteiger partial charge in [-0.3, -0.25) is 4.79 Å². The molecule has 0 saturated heterocycles. The van der Waals surface area contributed by atoms with Crippen molar-refractivity contribution in [2.75, 3.05) is 0 Å². The zero-order chi connectivity index (χ0) is 26.6. The van der Waals surface area contributed by atoms with Crippen LogP contribution in [0.5, 0.6) is 0 Å². The van der Waals surface area contributed by atoms with Crippen LogP contribution in [0.25, 0.3) is 11.3 Å². The van der Waals surface area contributed by atoms with Crippen molar-refractivity contribution in [1.82, 2.24) is 10.1 Å². The molecular weight excluding hydrogens is 547 g/mol. The lowest BCUT2D eigenvalue weighted by Gasteiger charge is -2.33. The van der Waals surface area contributed by atoms with Crippen LogP contribution in [0.15, 0.2) is 28.1 Å². The molecular formula is C28H30Cl2N2O5S. The maximum atomic E-state index is 12.1. The van der Waals surface area contributed by atoms with Crippen LogP contribution in [0.2, 0.25) is 10.0 Å². The number of carboxylic acid groups (broad SMARTS) is 1. The molecule has 7 nitrogen and oxygen atoms in total. The highest BCUT2D eigenvalue weighted by molar-refractivity contribution is 7.09. The summed E-state index contributed by atoms with van der Waals surface area (Å²) >= 11 is 14.4. The summed E-state index contributed by atoms with van der Waals surface area (Å²) < 4.78 is 12.4. The first-order chi connectivity index (χ1) is 18.3. The summed E-state index contributed by atoms with van der Waals surface area (Å²) in [4.78, 5) is 15.8. The number of carboxylic acids is 1. The summed E-state index contributed by atoms with van der Waals surface area (Å²) in [6.07, 6.45) is 5.22. The molecule has 3 fully saturated rings. The number of aromatic nitrogens is 2. The van der Waals surface area contributed by atoms with E-state index in [0.717, 1.165) is 43.4 Å². The number of carbonyl (C=O) groups is 1. The third-order valence-corrected chi connectivity index (χ3v) is 10.2. The smallest absolute Gasteiger partial charge is 0.309 e. The minimum atomic E-state index is -1.06. The van der Waals surface area contributed by atoms with Crippen LogP contribution < -0.4 is 0 Å². The summed E-state index contributed by atoms with van der Waals surface area (Å²) in [5.74, 6) is 0.623. The normalized spacial score (nSPS) is 28.9. The van der Waals surface area contributed by atoms with Crippen LogP contribution in [0.1, 0.15) is 73.4 Å². The lowest BCUT2D eigenvalue weighted by molar-refractivity contribution is -0.136. The molecule has 202 valence electrons. The topological polar surface area (TPSA) is 106 Å². The molecule has 0 aliphatic heterocycles. The van der Waals surface area contributed by atoms with Crippen LogP contribution in [-0.4, -0.2) is 32.4 Å². The number of aliphatic hydroxyl groups is 1. The van der Waals surface area contributed by atoms with E-state index in [1.165, 1.54) is 11.3 Å². The molecule has 0 radical (unpaired) electrons. The minimum absolute atomic E-state index is 0.0216. The van der Waals surface area contributed by atoms with Crippen molar-refractivity contribution in [2.24, 2.45) is 17.8 Å². The van der Waals surface area contributed by atoms with Gasteiger partial charge in [-0.05, 0) is 68.4 Å². The molecule has 0 amide bonds. The van der Waals surface area contributed by atoms with Crippen LogP contribution in [0.3, 0.4) is 0 Å². The second-order valence-corrected chi connectivity index (χ2v) is 12.7. The molecule has 3 aromatic rings. The van der Waals surface area contributed by atoms with Crippen molar-refractivity contribution in [1.29, 1.82) is 0 Å². The van der Waals surface area contributed by atoms with Crippen molar-refractivity contribution < 1.29 is 24.3 Å². The number of halogens is 2. The number of nitrogens with zero attached hydrogens (tertiary/aromatic N) is 2. The maximum absolute atomic E-state index is 12.1. The van der Waals surface area contributed by atoms with Gasteiger partial charge in [0.1, 0.15) is 22.1 Å². The summed E-state index contributed by atoms with van der Waals surface area (Å²) in [5, 5.41) is 29.1. The Kier molecular flexibility index (Phi) is 7.06. The van der Waals surface area contributed by atoms with Crippen LogP contribution in [-0.2, 0) is 28.2 Å². The fourth-order valence-corrected chi connectivity index (χ4v) is 8.17. The Morgan fingerprint density at radius 1 is 1.21 bits per heavy atom. The molecule has 0 unspecified atom stereocenters. The average molecular weight is 578 g/mol. The van der Waals surface area contributed by atoms with Crippen molar-refractivity contribution in [3.8, 4) is 11.3 Å². The van der Waals surface area contributed by atoms with E-state index in [2.05, 4.69) is 17.1 Å². The number of thiazole rings is 1. The highest BCUT2D eigenvalue weighted by atomic mass is 35.5. The lowest BCUT2D eigenvalue weighted by atomic mass is 9.81. The van der Waals surface area contributed by atoms with Crippen molar-refractivity contribution in [3.05, 3.63) is 55.6 Å². The molecule has 2 N–H and O–H groups in total. The predicted molar refractivity (Wildman–Crippen MR) is 144 cm³/mol. The second kappa shape index (κ2) is 10.2. The predicted octanol–water partition coefficient (Wildman–Crippen LogP) is 6.84. The van der Waals surface area contributed by atoms with E-state index in [4.69, 9.17) is 37.6 Å². The van der Waals surface area contributed by atoms with Crippen molar-refractivity contribution in [2.45, 2.75) is 76.1 Å². The molecule has 1 aromatic carbocycles. The van der Waals surface area contributed by atoms with Crippen molar-refractivity contribution >= 4 is 40.5 Å². The number of hydrogen-bond acceptors (Lipinski definition) is 7. The Bertz CT molecular complexity index is 1330. The lowest BCUT2D eigenvalue weighted by Crippen LogP contribution is -2.37. The Hall–Kier alpha value is -1.97. The molecule has 3 aliphatic carbocycles. The zero-order valence-corrected chi connectivity index (χ0v) is 23.4. The highest BCUT2D eigenvalue weighted by Crippen LogP contribution is 2.57. The number of aliphatic carboxylic acids is 1. The average Bonchev–Trinajstić information content (AvgIpc) is 3.41. The molecule has 3 saturated carbocycles. The summed E-state index contributed by atoms with van der Waals surface area (Å²) in [7, 11) is 0. The number of fused-ring (bicyclic) bond motifs is 2. The van der Waals surface area contributed by atoms with Gasteiger partial charge in [0.05, 0.1) is 34.9 Å². The van der Waals surface area contributed by atoms with Crippen LogP contribution in [0, 0.1) is 17.8 Å². The maximum Gasteiger partial charge on any atom is 0.309 e. The molecule has 2 bridgehead atoms. The minimum Gasteiger partial charge on any atom is -0.481 e. The Labute approximate surface area is 235 Å². The third kappa shape index (κ3) is 4.68. The van der Waals surface area contributed by atoms with E-state index in [1.807, 2.05) is 6.07 Å². The second-order valence-electron chi connectivity index (χ2n) is 11.0. The van der Waals surface area contributed by atoms with Gasteiger partial charge < -0.3 is 19.5 Å². The van der Waals surface area contributed by atoms with Crippen molar-refractivity contribution in [3.63, 3.8) is 0 Å². The van der Waals surface area contributed by atoms with E-state index >= 15 is 0 Å². The fourth-order valence-electron chi connectivity index (χ4n) is 6.53. The summed E-state index contributed by atoms with van der Waals surface area (Å²) in [5.41, 5.74) is 1.63. The Morgan fingerprint density at radius 2 is 1.97 bits per heavy atom. The van der Waals surface area contributed by atoms with Crippen LogP contribution >= 0.6 is 34.5 Å². The molecule has 10 heteroatoms. The molecule has 38 heavy (non-hydrogen) atoms. The first kappa shape index (κ1) is 26.3. The van der Waals surface area contributed by atoms with E-state index in [9.17, 15) is 9.90 Å². The number of rotatable bonds is 8. The molecule has 3 aliphatic rings. The van der Waals surface area contributed by atoms with E-state index < -0.39 is 11.6 Å². The van der Waals surface area contributed by atoms with Gasteiger partial charge in [-0.25, -0.2) is 4.98 Å². The van der Waals surface area contributed by atoms with Crippen LogP contribution in [0.4, 0.5) is 0 Å². The number of ether oxygens (including phenoxy) is 1. The first-order valence-corrected chi connectivity index (χ1v) is 14.8. The van der Waals surface area contributed by atoms with Gasteiger partial charge >= 0.3 is 5.97 Å². The van der Waals surface area contributed by atoms with Gasteiger partial charge in [0, 0.05) is 22.4 Å². The van der Waals surface area contributed by atoms with E-state index in [-0.39, 0.29) is 24.4 Å². The monoisotopic (exact) mass is 576 g/mol. The van der Waals surface area contributed by atoms with Gasteiger partial charge in [-0.2, -0.15) is 0 Å². The molecule has 5 atom stereocenters. The van der Waals surface area contributed by atoms with Gasteiger partial charge in [-0.1, -0.05) is 41.3 Å². The summed E-state index contributed by atoms with van der Waals surface area (Å²) in [6, 6.07) is 5.40. The SMILES string of the molecule is C[C@H]1C[C@H]2CC[C@@H](OCc3c(-c4c(Cl)cccc4Cl)noc3C3CC3)C[C@H]1[C@]2(O)c1nc(CC(=O)O)cs1. The number of hydrogen-bond donors (Lipinski definition) is 2. The van der Waals surface area contributed by atoms with E-state index in [0.29, 0.717) is 56.9 Å². The fraction of sp³-hybridized carbons (Fsp3) is 0.536. The molecule has 2 heterocycles. The molecule has 2 aromatic heterocycles. The zero-order valence-electron chi connectivity index (χ0n) is 21.0. The van der Waals surface area contributed by atoms with Gasteiger partial charge in [0.2, 0.25) is 0 Å². The molecule has 6 rings (SSSR count). The molecule has 0 spiro atoms. The van der Waals surface area contributed by atoms with Gasteiger partial charge in [0.25, 0.3) is 0 Å². The highest BCUT2D eigenvalue weighted by Gasteiger charge is 2.57. The summed E-state index contributed by atoms with van der Waals surface area (Å²) in [6.45, 7) is 2.52.